The molecule has 0 spiro atoms. The standard InChI is InChI=1S/C31H34F2N4O6.C31H34F2N4O5.2C23H28FN3O3/c1-17-16-42-28-25-20(27(38)21(29(39)40)15-36(17)25)12-23(33)26(28)35-9-7-34(8-10-35)24-6-5-18(11-22(24)32)37-14-19(43-30(37)41)13-31(2,3)4;1-31(2,3)15-20-16-37(30(41)42-20)19-6-7-25(23(32)12-19)34-8-10-35(11-9-34)27-14-26-21(13-24(27)33)28(38)22(29(39)40)17-36(26)18-4-5-18;1-23(2,3)11-18-14-27(22(29)30-18)17-8-9-19(20(24)10-17)16-6-4-15(5-7-16)13-26-21(28)12-25;1-23(2,3)11-18-14-27(22(29)30-18)17-8-9-19(20(24)10-17)16-6-4-15(5-7-16)12-26-13-21(25)28/h5-6,11-12,15,17,19H,7-10,13-14,16H2,1-4H3,(H,39,40);6-7,12-14,17-18,20H,4-5,8-11,15-16H2,1-3H3,(H,39,40);4-10,18H,11-14,25H2,1-3H3,(H,26,28);4-10,18,26H,11-14H2,1-3H3,(H2,25,28)/t17?,19-;20-;2*18-/m0000/s1. The number of carboxylic acid groups (broad SMARTS) is 2. The van der Waals surface area contributed by atoms with Crippen molar-refractivity contribution in [3.63, 3.8) is 0 Å². The first-order valence-corrected chi connectivity index (χ1v) is 48.6. The van der Waals surface area contributed by atoms with E-state index < -0.39 is 93.5 Å². The molecule has 10 aromatic rings. The molecular weight excluding hydrogens is 1880 g/mol. The first-order valence-electron chi connectivity index (χ1n) is 48.6. The number of ether oxygens (including phenoxy) is 5. The van der Waals surface area contributed by atoms with Crippen molar-refractivity contribution in [3.8, 4) is 28.0 Å². The molecule has 770 valence electrons. The number of nitrogens with two attached hydrogens (primary N) is 2. The number of aromatic nitrogens is 2. The van der Waals surface area contributed by atoms with Gasteiger partial charge in [0.1, 0.15) is 76.9 Å². The zero-order valence-corrected chi connectivity index (χ0v) is 83.6. The Hall–Kier alpha value is -14.4. The average molecular weight is 2000 g/mol. The van der Waals surface area contributed by atoms with Crippen LogP contribution < -0.4 is 76.9 Å². The van der Waals surface area contributed by atoms with Gasteiger partial charge in [-0.15, -0.1) is 0 Å². The number of anilines is 8. The lowest BCUT2D eigenvalue weighted by Gasteiger charge is -2.39. The average Bonchev–Trinajstić information content (AvgIpc) is 1.72. The van der Waals surface area contributed by atoms with E-state index in [-0.39, 0.29) is 112 Å². The molecule has 145 heavy (non-hydrogen) atoms. The summed E-state index contributed by atoms with van der Waals surface area (Å²) in [5, 5.41) is 24.6. The Morgan fingerprint density at radius 3 is 1.16 bits per heavy atom. The lowest BCUT2D eigenvalue weighted by atomic mass is 9.89. The molecule has 6 amide bonds. The van der Waals surface area contributed by atoms with Crippen molar-refractivity contribution in [1.82, 2.24) is 19.8 Å². The number of nitrogens with zero attached hydrogens (tertiary/aromatic N) is 10. The first kappa shape index (κ1) is 105. The molecule has 9 heterocycles. The van der Waals surface area contributed by atoms with Crippen molar-refractivity contribution >= 4 is 115 Å². The quantitative estimate of drug-likeness (QED) is 0.0242. The molecule has 8 aromatic carbocycles. The van der Waals surface area contributed by atoms with E-state index in [9.17, 15) is 66.9 Å². The Labute approximate surface area is 835 Å². The van der Waals surface area contributed by atoms with E-state index in [4.69, 9.17) is 35.2 Å². The summed E-state index contributed by atoms with van der Waals surface area (Å²) in [7, 11) is 0. The number of carboxylic acids is 2. The molecule has 1 unspecified atom stereocenters. The molecule has 0 bridgehead atoms. The summed E-state index contributed by atoms with van der Waals surface area (Å²) in [6.07, 6.45) is 4.53. The number of carbonyl (C=O) groups excluding carboxylic acids is 6. The van der Waals surface area contributed by atoms with Gasteiger partial charge in [0.05, 0.1) is 102 Å². The Balaban J connectivity index is 0.000000147. The first-order chi connectivity index (χ1) is 68.5. The highest BCUT2D eigenvalue weighted by molar-refractivity contribution is 5.99. The molecule has 5 atom stereocenters. The van der Waals surface area contributed by atoms with Crippen molar-refractivity contribution in [2.45, 2.75) is 178 Å². The number of fused-ring (bicyclic) bond motifs is 1. The summed E-state index contributed by atoms with van der Waals surface area (Å²) in [5.74, 6) is -6.18. The zero-order valence-electron chi connectivity index (χ0n) is 83.6. The molecular formula is C108H124F6N14O17. The second-order valence-electron chi connectivity index (χ2n) is 42.8. The van der Waals surface area contributed by atoms with Gasteiger partial charge in [-0.1, -0.05) is 132 Å². The van der Waals surface area contributed by atoms with Crippen LogP contribution in [0.5, 0.6) is 5.75 Å². The number of amides is 6. The van der Waals surface area contributed by atoms with Gasteiger partial charge < -0.3 is 84.7 Å². The van der Waals surface area contributed by atoms with Crippen LogP contribution in [0.3, 0.4) is 0 Å². The Kier molecular flexibility index (Phi) is 31.0. The normalized spacial score (nSPS) is 18.6. The number of primary amides is 1. The van der Waals surface area contributed by atoms with Crippen LogP contribution in [0.4, 0.5) is 91.0 Å². The number of hydrogen-bond acceptors (Lipinski definition) is 21. The van der Waals surface area contributed by atoms with E-state index >= 15 is 17.6 Å². The molecule has 7 fully saturated rings. The number of rotatable bonds is 24. The minimum absolute atomic E-state index is 0.00478. The van der Waals surface area contributed by atoms with Crippen LogP contribution in [0.15, 0.2) is 162 Å². The van der Waals surface area contributed by atoms with Gasteiger partial charge in [-0.25, -0.2) is 55.1 Å². The predicted octanol–water partition coefficient (Wildman–Crippen LogP) is 18.1. The number of nitrogens with one attached hydrogen (secondary N) is 2. The number of aromatic carboxylic acids is 2. The monoisotopic (exact) mass is 2000 g/mol. The van der Waals surface area contributed by atoms with E-state index in [2.05, 4.69) is 93.7 Å². The molecule has 18 rings (SSSR count). The zero-order chi connectivity index (χ0) is 104. The predicted molar refractivity (Wildman–Crippen MR) is 543 cm³/mol. The molecule has 8 N–H and O–H groups in total. The maximum atomic E-state index is 15.6. The van der Waals surface area contributed by atoms with E-state index in [1.165, 1.54) is 56.3 Å². The highest BCUT2D eigenvalue weighted by atomic mass is 19.1. The fourth-order valence-corrected chi connectivity index (χ4v) is 19.4. The highest BCUT2D eigenvalue weighted by Gasteiger charge is 2.42. The maximum Gasteiger partial charge on any atom is 0.414 e. The number of piperazine rings is 2. The number of carbonyl (C=O) groups is 8. The molecule has 31 nitrogen and oxygen atoms in total. The fourth-order valence-electron chi connectivity index (χ4n) is 19.4. The third-order valence-corrected chi connectivity index (χ3v) is 26.2. The summed E-state index contributed by atoms with van der Waals surface area (Å²) in [6, 6.07) is 37.3. The molecule has 8 aliphatic rings. The number of cyclic esters (lactones) is 4. The molecule has 0 radical (unpaired) electrons. The Morgan fingerprint density at radius 2 is 0.786 bits per heavy atom. The minimum atomic E-state index is -1.37. The Morgan fingerprint density at radius 1 is 0.428 bits per heavy atom. The molecule has 1 aliphatic carbocycles. The van der Waals surface area contributed by atoms with Gasteiger partial charge in [0.2, 0.25) is 22.7 Å². The summed E-state index contributed by atoms with van der Waals surface area (Å²) >= 11 is 0. The van der Waals surface area contributed by atoms with Crippen molar-refractivity contribution in [3.05, 3.63) is 230 Å². The second-order valence-corrected chi connectivity index (χ2v) is 42.8. The molecule has 6 saturated heterocycles. The maximum absolute atomic E-state index is 15.6. The number of halogens is 6. The third-order valence-electron chi connectivity index (χ3n) is 26.2. The molecule has 2 aromatic heterocycles. The lowest BCUT2D eigenvalue weighted by Crippen LogP contribution is -2.47. The molecule has 37 heteroatoms. The van der Waals surface area contributed by atoms with Crippen molar-refractivity contribution in [1.29, 1.82) is 0 Å². The topological polar surface area (TPSA) is 369 Å². The van der Waals surface area contributed by atoms with Gasteiger partial charge in [-0.2, -0.15) is 0 Å². The smallest absolute Gasteiger partial charge is 0.414 e. The molecule has 7 aliphatic heterocycles. The third kappa shape index (κ3) is 25.0. The van der Waals surface area contributed by atoms with Crippen LogP contribution in [0, 0.1) is 56.6 Å². The van der Waals surface area contributed by atoms with Crippen molar-refractivity contribution in [2.75, 3.05) is 137 Å². The van der Waals surface area contributed by atoms with E-state index in [0.29, 0.717) is 172 Å². The van der Waals surface area contributed by atoms with Crippen LogP contribution >= 0.6 is 0 Å². The number of benzene rings is 8. The van der Waals surface area contributed by atoms with E-state index in [1.54, 1.807) is 80.8 Å². The highest BCUT2D eigenvalue weighted by Crippen LogP contribution is 2.46. The van der Waals surface area contributed by atoms with Crippen LogP contribution in [0.25, 0.3) is 44.1 Å². The van der Waals surface area contributed by atoms with Crippen LogP contribution in [-0.4, -0.2) is 190 Å². The van der Waals surface area contributed by atoms with E-state index in [0.717, 1.165) is 54.5 Å². The van der Waals surface area contributed by atoms with Crippen LogP contribution in [0.1, 0.15) is 172 Å². The summed E-state index contributed by atoms with van der Waals surface area (Å²) in [6.45, 7) is 32.7. The van der Waals surface area contributed by atoms with Gasteiger partial charge >= 0.3 is 36.3 Å². The van der Waals surface area contributed by atoms with Gasteiger partial charge in [-0.3, -0.25) is 38.8 Å². The summed E-state index contributed by atoms with van der Waals surface area (Å²) in [5.41, 5.74) is 16.4. The van der Waals surface area contributed by atoms with Crippen molar-refractivity contribution < 1.29 is 98.6 Å². The number of hydrogen-bond donors (Lipinski definition) is 6. The second kappa shape index (κ2) is 42.9. The molecule has 1 saturated carbocycles. The SMILES string of the molecule is CC(C)(C)C[C@H]1CN(c2ccc(-c3ccc(CNC(=O)CN)cc3)c(F)c2)C(=O)O1.CC(C)(C)C[C@H]1CN(c2ccc(-c3ccc(CNCC(N)=O)cc3)c(F)c2)C(=O)O1.CC(C)(C)C[C@H]1CN(c2ccc(N3CCN(c4cc5c(cc4F)c(=O)c(C(=O)O)cn5C4CC4)CC3)c(F)c2)C(=O)O1.CC1COc2c(N3CCN(c4ccc(N5C[C@H](CC(C)(C)C)OC5=O)cc4F)CC3)c(F)cc3c(=O)c(C(=O)O)cn1c23. The van der Waals surface area contributed by atoms with Gasteiger partial charge in [-0.05, 0) is 180 Å². The van der Waals surface area contributed by atoms with Gasteiger partial charge in [0.15, 0.2) is 11.6 Å². The summed E-state index contributed by atoms with van der Waals surface area (Å²) in [4.78, 5) is 134. The van der Waals surface area contributed by atoms with Crippen molar-refractivity contribution in [2.24, 2.45) is 33.1 Å². The number of pyridine rings is 2. The van der Waals surface area contributed by atoms with Gasteiger partial charge in [0.25, 0.3) is 0 Å². The minimum Gasteiger partial charge on any atom is -0.487 e. The largest absolute Gasteiger partial charge is 0.487 e. The van der Waals surface area contributed by atoms with Gasteiger partial charge in [0, 0.05) is 100 Å². The summed E-state index contributed by atoms with van der Waals surface area (Å²) < 4.78 is 123. The Bertz CT molecular complexity index is 6740. The van der Waals surface area contributed by atoms with E-state index in [1.807, 2.05) is 58.0 Å². The van der Waals surface area contributed by atoms with Crippen LogP contribution in [-0.2, 0) is 41.6 Å². The fraction of sp³-hybridized carbons (Fsp3) is 0.426. The van der Waals surface area contributed by atoms with Crippen LogP contribution in [0.2, 0.25) is 0 Å². The lowest BCUT2D eigenvalue weighted by molar-refractivity contribution is -0.120.